The third-order valence-corrected chi connectivity index (χ3v) is 6.14. The predicted molar refractivity (Wildman–Crippen MR) is 101 cm³/mol. The number of thioether (sulfide) groups is 2. The Labute approximate surface area is 160 Å². The molecule has 0 amide bonds. The summed E-state index contributed by atoms with van der Waals surface area (Å²) < 4.78 is 0.755. The Balaban J connectivity index is 2.01. The maximum atomic E-state index is 9.67. The van der Waals surface area contributed by atoms with Crippen molar-refractivity contribution in [1.29, 1.82) is 15.8 Å². The molecule has 126 valence electrons. The lowest BCUT2D eigenvalue weighted by atomic mass is 9.86. The van der Waals surface area contributed by atoms with E-state index in [1.54, 1.807) is 0 Å². The fourth-order valence-electron chi connectivity index (χ4n) is 2.36. The van der Waals surface area contributed by atoms with E-state index in [2.05, 4.69) is 36.8 Å². The highest BCUT2D eigenvalue weighted by Gasteiger charge is 2.27. The summed E-state index contributed by atoms with van der Waals surface area (Å²) in [4.78, 5) is 8.40. The van der Waals surface area contributed by atoms with E-state index < -0.39 is 0 Å². The monoisotopic (exact) mass is 375 g/mol. The minimum Gasteiger partial charge on any atom is -0.224 e. The number of nitrogens with zero attached hydrogens (tertiary/aromatic N) is 5. The Hall–Kier alpha value is -2.79. The Bertz CT molecular complexity index is 997. The number of nitriles is 3. The van der Waals surface area contributed by atoms with Crippen LogP contribution in [0.15, 0.2) is 38.6 Å². The minimum atomic E-state index is 0.00800. The zero-order valence-corrected chi connectivity index (χ0v) is 16.0. The predicted octanol–water partition coefficient (Wildman–Crippen LogP) is 4.61. The lowest BCUT2D eigenvalue weighted by molar-refractivity contribution is 0.590. The van der Waals surface area contributed by atoms with E-state index in [0.717, 1.165) is 9.80 Å². The third-order valence-electron chi connectivity index (χ3n) is 3.78. The average molecular weight is 375 g/mol. The van der Waals surface area contributed by atoms with Crippen molar-refractivity contribution in [1.82, 2.24) is 9.97 Å². The van der Waals surface area contributed by atoms with E-state index >= 15 is 0 Å². The summed E-state index contributed by atoms with van der Waals surface area (Å²) in [6.07, 6.45) is 0. The molecule has 1 aliphatic rings. The Morgan fingerprint density at radius 1 is 0.885 bits per heavy atom. The Kier molecular flexibility index (Phi) is 4.74. The van der Waals surface area contributed by atoms with Gasteiger partial charge in [0.05, 0.1) is 9.81 Å². The van der Waals surface area contributed by atoms with Gasteiger partial charge < -0.3 is 0 Å². The van der Waals surface area contributed by atoms with Gasteiger partial charge in [-0.25, -0.2) is 9.97 Å². The molecule has 0 spiro atoms. The van der Waals surface area contributed by atoms with Crippen LogP contribution in [0.5, 0.6) is 0 Å². The van der Waals surface area contributed by atoms with Crippen molar-refractivity contribution in [2.45, 2.75) is 36.2 Å². The molecule has 1 aromatic carbocycles. The van der Waals surface area contributed by atoms with Crippen LogP contribution in [0.3, 0.4) is 0 Å². The van der Waals surface area contributed by atoms with Crippen LogP contribution in [-0.2, 0) is 5.41 Å². The maximum absolute atomic E-state index is 9.67. The summed E-state index contributed by atoms with van der Waals surface area (Å²) in [5.41, 5.74) is 2.61. The first-order chi connectivity index (χ1) is 12.4. The van der Waals surface area contributed by atoms with Gasteiger partial charge in [-0.3, -0.25) is 0 Å². The van der Waals surface area contributed by atoms with Crippen LogP contribution in [0.25, 0.3) is 5.57 Å². The second-order valence-electron chi connectivity index (χ2n) is 6.56. The molecular weight excluding hydrogens is 362 g/mol. The van der Waals surface area contributed by atoms with Crippen LogP contribution in [0.2, 0.25) is 0 Å². The van der Waals surface area contributed by atoms with E-state index in [-0.39, 0.29) is 16.8 Å². The molecule has 7 heteroatoms. The molecule has 1 aliphatic heterocycles. The molecule has 0 bridgehead atoms. The molecule has 0 N–H and O–H groups in total. The molecule has 3 rings (SSSR count). The molecule has 0 radical (unpaired) electrons. The molecular formula is C19H13N5S2. The molecule has 26 heavy (non-hydrogen) atoms. The van der Waals surface area contributed by atoms with Gasteiger partial charge in [0.25, 0.3) is 0 Å². The van der Waals surface area contributed by atoms with Crippen molar-refractivity contribution in [3.8, 4) is 18.2 Å². The zero-order valence-electron chi connectivity index (χ0n) is 14.4. The summed E-state index contributed by atoms with van der Waals surface area (Å²) in [6.45, 7) is 6.42. The lowest BCUT2D eigenvalue weighted by Gasteiger charge is -2.19. The van der Waals surface area contributed by atoms with Gasteiger partial charge in [-0.1, -0.05) is 68.6 Å². The van der Waals surface area contributed by atoms with Crippen LogP contribution in [0, 0.1) is 34.0 Å². The van der Waals surface area contributed by atoms with Crippen LogP contribution in [0.4, 0.5) is 0 Å². The largest absolute Gasteiger partial charge is 0.224 e. The number of hydrogen-bond donors (Lipinski definition) is 0. The van der Waals surface area contributed by atoms with Gasteiger partial charge in [-0.2, -0.15) is 15.8 Å². The minimum absolute atomic E-state index is 0.00800. The van der Waals surface area contributed by atoms with E-state index in [1.807, 2.05) is 36.4 Å². The molecule has 0 atom stereocenters. The molecule has 0 fully saturated rings. The quantitative estimate of drug-likeness (QED) is 0.671. The third kappa shape index (κ3) is 3.30. The van der Waals surface area contributed by atoms with Crippen molar-refractivity contribution >= 4 is 29.1 Å². The van der Waals surface area contributed by atoms with Crippen LogP contribution in [-0.4, -0.2) is 9.97 Å². The van der Waals surface area contributed by atoms with Gasteiger partial charge in [0.1, 0.15) is 28.3 Å². The van der Waals surface area contributed by atoms with E-state index in [4.69, 9.17) is 10.5 Å². The van der Waals surface area contributed by atoms with Gasteiger partial charge in [-0.05, 0) is 16.5 Å². The molecule has 1 aromatic heterocycles. The van der Waals surface area contributed by atoms with Gasteiger partial charge in [0.15, 0.2) is 11.4 Å². The Morgan fingerprint density at radius 2 is 1.38 bits per heavy atom. The summed E-state index contributed by atoms with van der Waals surface area (Å²) >= 11 is 2.62. The first-order valence-corrected chi connectivity index (χ1v) is 9.34. The number of rotatable bonds is 1. The smallest absolute Gasteiger partial charge is 0.178 e. The molecule has 0 saturated heterocycles. The summed E-state index contributed by atoms with van der Waals surface area (Å²) in [6, 6.07) is 14.0. The van der Waals surface area contributed by atoms with E-state index in [9.17, 15) is 5.26 Å². The first kappa shape index (κ1) is 18.0. The summed E-state index contributed by atoms with van der Waals surface area (Å²) in [7, 11) is 0. The fourth-order valence-corrected chi connectivity index (χ4v) is 4.67. The first-order valence-electron chi connectivity index (χ1n) is 7.70. The second kappa shape index (κ2) is 6.84. The highest BCUT2D eigenvalue weighted by molar-refractivity contribution is 8.24. The molecule has 2 heterocycles. The standard InChI is InChI=1S/C19H13N5S2/c1-19(2,3)12-6-4-11(5-7-12)13(8-20)18-25-16-17(26-18)24-15(10-22)14(9-21)23-16/h4-7H,1-3H3. The van der Waals surface area contributed by atoms with Gasteiger partial charge >= 0.3 is 0 Å². The van der Waals surface area contributed by atoms with Crippen molar-refractivity contribution in [3.05, 3.63) is 51.0 Å². The number of hydrogen-bond acceptors (Lipinski definition) is 7. The van der Waals surface area contributed by atoms with Crippen LogP contribution < -0.4 is 0 Å². The zero-order chi connectivity index (χ0) is 18.9. The average Bonchev–Trinajstić information content (AvgIpc) is 3.03. The van der Waals surface area contributed by atoms with Crippen molar-refractivity contribution < 1.29 is 0 Å². The maximum Gasteiger partial charge on any atom is 0.178 e. The molecule has 2 aromatic rings. The SMILES string of the molecule is CC(C)(C)c1ccc(C(C#N)=C2Sc3nc(C#N)c(C#N)nc3S2)cc1. The summed E-state index contributed by atoms with van der Waals surface area (Å²) in [5.74, 6) is 0. The topological polar surface area (TPSA) is 97.1 Å². The number of aromatic nitrogens is 2. The normalized spacial score (nSPS) is 12.7. The van der Waals surface area contributed by atoms with Crippen LogP contribution >= 0.6 is 23.5 Å². The second-order valence-corrected chi connectivity index (χ2v) is 8.82. The molecule has 0 aliphatic carbocycles. The van der Waals surface area contributed by atoms with Crippen molar-refractivity contribution in [3.63, 3.8) is 0 Å². The van der Waals surface area contributed by atoms with Crippen LogP contribution in [0.1, 0.15) is 43.3 Å². The van der Waals surface area contributed by atoms with Gasteiger partial charge in [-0.15, -0.1) is 0 Å². The van der Waals surface area contributed by atoms with Crippen molar-refractivity contribution in [2.75, 3.05) is 0 Å². The number of allylic oxidation sites excluding steroid dienone is 1. The van der Waals surface area contributed by atoms with Gasteiger partial charge in [0.2, 0.25) is 0 Å². The van der Waals surface area contributed by atoms with E-state index in [1.165, 1.54) is 29.1 Å². The molecule has 5 nitrogen and oxygen atoms in total. The van der Waals surface area contributed by atoms with Gasteiger partial charge in [0, 0.05) is 0 Å². The molecule has 0 unspecified atom stereocenters. The summed E-state index contributed by atoms with van der Waals surface area (Å²) in [5, 5.41) is 29.0. The molecule has 0 saturated carbocycles. The number of benzene rings is 1. The highest BCUT2D eigenvalue weighted by atomic mass is 32.2. The van der Waals surface area contributed by atoms with E-state index in [0.29, 0.717) is 15.6 Å². The van der Waals surface area contributed by atoms with Crippen molar-refractivity contribution in [2.24, 2.45) is 0 Å². The Morgan fingerprint density at radius 3 is 1.77 bits per heavy atom. The number of fused-ring (bicyclic) bond motifs is 1. The lowest BCUT2D eigenvalue weighted by Crippen LogP contribution is -2.10. The fraction of sp³-hybridized carbons (Fsp3) is 0.211. The highest BCUT2D eigenvalue weighted by Crippen LogP contribution is 2.52.